The average Bonchev–Trinajstić information content (AvgIpc) is 2.34. The van der Waals surface area contributed by atoms with Crippen LogP contribution in [0.25, 0.3) is 0 Å². The summed E-state index contributed by atoms with van der Waals surface area (Å²) in [6.07, 6.45) is 0. The van der Waals surface area contributed by atoms with Gasteiger partial charge in [-0.05, 0) is 6.07 Å². The molecule has 0 aliphatic rings. The van der Waals surface area contributed by atoms with Gasteiger partial charge in [-0.1, -0.05) is 34.8 Å². The highest BCUT2D eigenvalue weighted by atomic mass is 35.6. The van der Waals surface area contributed by atoms with E-state index in [0.29, 0.717) is 6.07 Å². The molecular formula is C11H5Cl3O8. The number of carbonyl (C=O) groups is 4. The van der Waals surface area contributed by atoms with Crippen LogP contribution in [0.3, 0.4) is 0 Å². The van der Waals surface area contributed by atoms with Crippen LogP contribution in [0.5, 0.6) is 0 Å². The molecule has 1 rings (SSSR count). The van der Waals surface area contributed by atoms with Crippen LogP contribution in [0.4, 0.5) is 0 Å². The average molecular weight is 372 g/mol. The Morgan fingerprint density at radius 2 is 1.05 bits per heavy atom. The van der Waals surface area contributed by atoms with Crippen molar-refractivity contribution in [3.05, 3.63) is 33.9 Å². The Balaban J connectivity index is 4.20. The molecule has 0 saturated carbocycles. The number of halogens is 3. The second kappa shape index (κ2) is 5.99. The molecule has 1 aromatic carbocycles. The van der Waals surface area contributed by atoms with Gasteiger partial charge in [-0.2, -0.15) is 0 Å². The number of carboxylic acid groups (broad SMARTS) is 4. The largest absolute Gasteiger partial charge is 0.478 e. The molecule has 0 atom stereocenters. The molecule has 0 unspecified atom stereocenters. The first-order valence-electron chi connectivity index (χ1n) is 5.11. The molecule has 0 amide bonds. The molecule has 0 heterocycles. The van der Waals surface area contributed by atoms with Crippen LogP contribution < -0.4 is 0 Å². The van der Waals surface area contributed by atoms with Crippen molar-refractivity contribution in [1.29, 1.82) is 0 Å². The molecule has 0 spiro atoms. The van der Waals surface area contributed by atoms with Crippen LogP contribution in [0.2, 0.25) is 0 Å². The molecule has 0 bridgehead atoms. The van der Waals surface area contributed by atoms with Gasteiger partial charge in [0.1, 0.15) is 0 Å². The lowest BCUT2D eigenvalue weighted by molar-refractivity contribution is 0.0635. The lowest BCUT2D eigenvalue weighted by Gasteiger charge is -2.20. The Hall–Kier alpha value is -2.03. The minimum Gasteiger partial charge on any atom is -0.478 e. The number of alkyl halides is 3. The third-order valence-corrected chi connectivity index (χ3v) is 3.07. The molecular weight excluding hydrogens is 366 g/mol. The first-order valence-corrected chi connectivity index (χ1v) is 6.24. The maximum atomic E-state index is 11.3. The van der Waals surface area contributed by atoms with Gasteiger partial charge in [0, 0.05) is 5.56 Å². The molecule has 0 aliphatic carbocycles. The fraction of sp³-hybridized carbons (Fsp3) is 0.0909. The minimum absolute atomic E-state index is 0.386. The predicted molar refractivity (Wildman–Crippen MR) is 73.5 cm³/mol. The summed E-state index contributed by atoms with van der Waals surface area (Å²) in [7, 11) is 0. The van der Waals surface area contributed by atoms with Gasteiger partial charge in [0.05, 0.1) is 22.3 Å². The summed E-state index contributed by atoms with van der Waals surface area (Å²) >= 11 is 16.6. The van der Waals surface area contributed by atoms with Gasteiger partial charge >= 0.3 is 23.9 Å². The van der Waals surface area contributed by atoms with E-state index in [4.69, 9.17) is 55.2 Å². The molecule has 4 N–H and O–H groups in total. The van der Waals surface area contributed by atoms with Crippen molar-refractivity contribution in [2.75, 3.05) is 0 Å². The summed E-state index contributed by atoms with van der Waals surface area (Å²) in [6, 6.07) is 0.386. The Morgan fingerprint density at radius 1 is 0.727 bits per heavy atom. The first kappa shape index (κ1) is 18.0. The van der Waals surface area contributed by atoms with Gasteiger partial charge in [-0.3, -0.25) is 0 Å². The number of hydrogen-bond acceptors (Lipinski definition) is 4. The van der Waals surface area contributed by atoms with E-state index in [1.165, 1.54) is 0 Å². The predicted octanol–water partition coefficient (Wildman–Crippen LogP) is 2.31. The monoisotopic (exact) mass is 370 g/mol. The van der Waals surface area contributed by atoms with Crippen molar-refractivity contribution in [2.24, 2.45) is 0 Å². The summed E-state index contributed by atoms with van der Waals surface area (Å²) in [6.45, 7) is 0. The maximum absolute atomic E-state index is 11.3. The summed E-state index contributed by atoms with van der Waals surface area (Å²) < 4.78 is -2.68. The summed E-state index contributed by atoms with van der Waals surface area (Å²) in [5.74, 6) is -7.43. The molecule has 1 aromatic rings. The Morgan fingerprint density at radius 3 is 1.23 bits per heavy atom. The second-order valence-corrected chi connectivity index (χ2v) is 6.10. The molecule has 0 fully saturated rings. The Kier molecular flexibility index (Phi) is 4.91. The van der Waals surface area contributed by atoms with Crippen molar-refractivity contribution in [3.8, 4) is 0 Å². The molecule has 0 radical (unpaired) electrons. The van der Waals surface area contributed by atoms with E-state index < -0.39 is 55.5 Å². The van der Waals surface area contributed by atoms with Crippen LogP contribution in [-0.2, 0) is 3.79 Å². The van der Waals surface area contributed by atoms with Crippen molar-refractivity contribution in [3.63, 3.8) is 0 Å². The van der Waals surface area contributed by atoms with Crippen LogP contribution in [0.15, 0.2) is 6.07 Å². The van der Waals surface area contributed by atoms with E-state index >= 15 is 0 Å². The number of rotatable bonds is 4. The van der Waals surface area contributed by atoms with Crippen molar-refractivity contribution in [1.82, 2.24) is 0 Å². The molecule has 118 valence electrons. The first-order chi connectivity index (χ1) is 9.89. The van der Waals surface area contributed by atoms with Gasteiger partial charge < -0.3 is 20.4 Å². The van der Waals surface area contributed by atoms with E-state index in [9.17, 15) is 19.2 Å². The zero-order chi connectivity index (χ0) is 17.4. The van der Waals surface area contributed by atoms with E-state index in [2.05, 4.69) is 0 Å². The molecule has 22 heavy (non-hydrogen) atoms. The normalized spacial score (nSPS) is 11.0. The van der Waals surface area contributed by atoms with Crippen LogP contribution in [-0.4, -0.2) is 44.3 Å². The van der Waals surface area contributed by atoms with Gasteiger partial charge in [-0.15, -0.1) is 0 Å². The minimum atomic E-state index is -2.68. The lowest BCUT2D eigenvalue weighted by atomic mass is 9.91. The van der Waals surface area contributed by atoms with E-state index in [1.807, 2.05) is 0 Å². The number of benzene rings is 1. The fourth-order valence-electron chi connectivity index (χ4n) is 1.75. The van der Waals surface area contributed by atoms with Crippen molar-refractivity contribution < 1.29 is 39.6 Å². The zero-order valence-electron chi connectivity index (χ0n) is 10.1. The Bertz CT molecular complexity index is 654. The molecule has 0 saturated heterocycles. The molecule has 8 nitrogen and oxygen atoms in total. The van der Waals surface area contributed by atoms with Gasteiger partial charge in [0.25, 0.3) is 0 Å². The third kappa shape index (κ3) is 3.24. The SMILES string of the molecule is O=C(O)c1cc(C(=O)O)c(C(=O)O)c(C(Cl)(Cl)Cl)c1C(=O)O. The van der Waals surface area contributed by atoms with Crippen molar-refractivity contribution in [2.45, 2.75) is 3.79 Å². The topological polar surface area (TPSA) is 149 Å². The second-order valence-electron chi connectivity index (χ2n) is 3.82. The highest BCUT2D eigenvalue weighted by Crippen LogP contribution is 2.44. The smallest absolute Gasteiger partial charge is 0.337 e. The number of hydrogen-bond donors (Lipinski definition) is 4. The Labute approximate surface area is 136 Å². The highest BCUT2D eigenvalue weighted by Gasteiger charge is 2.40. The summed E-state index contributed by atoms with van der Waals surface area (Å²) in [4.78, 5) is 44.8. The third-order valence-electron chi connectivity index (χ3n) is 2.50. The lowest BCUT2D eigenvalue weighted by Crippen LogP contribution is -2.24. The maximum Gasteiger partial charge on any atom is 0.337 e. The number of aromatic carboxylic acids is 4. The number of carboxylic acids is 4. The molecule has 11 heteroatoms. The molecule has 0 aliphatic heterocycles. The van der Waals surface area contributed by atoms with Crippen molar-refractivity contribution >= 4 is 58.7 Å². The van der Waals surface area contributed by atoms with E-state index in [-0.39, 0.29) is 0 Å². The van der Waals surface area contributed by atoms with Gasteiger partial charge in [0.15, 0.2) is 0 Å². The molecule has 0 aromatic heterocycles. The van der Waals surface area contributed by atoms with E-state index in [0.717, 1.165) is 0 Å². The highest BCUT2D eigenvalue weighted by molar-refractivity contribution is 6.67. The fourth-order valence-corrected chi connectivity index (χ4v) is 2.32. The van der Waals surface area contributed by atoms with Crippen LogP contribution >= 0.6 is 34.8 Å². The van der Waals surface area contributed by atoms with E-state index in [1.54, 1.807) is 0 Å². The van der Waals surface area contributed by atoms with Gasteiger partial charge in [0.2, 0.25) is 3.79 Å². The van der Waals surface area contributed by atoms with Gasteiger partial charge in [-0.25, -0.2) is 19.2 Å². The summed E-state index contributed by atoms with van der Waals surface area (Å²) in [5, 5.41) is 36.2. The zero-order valence-corrected chi connectivity index (χ0v) is 12.4. The van der Waals surface area contributed by atoms with Crippen LogP contribution in [0, 0.1) is 0 Å². The quantitative estimate of drug-likeness (QED) is 0.589. The summed E-state index contributed by atoms with van der Waals surface area (Å²) in [5.41, 5.74) is -5.31. The standard InChI is InChI=1S/C11H5Cl3O8/c12-11(13,14)6-4(9(19)20)2(7(15)16)1-3(8(17)18)5(6)10(21)22/h1H,(H,15,16)(H,17,18)(H,19,20)(H,21,22). The van der Waals surface area contributed by atoms with Crippen LogP contribution in [0.1, 0.15) is 47.0 Å².